The second-order valence-corrected chi connectivity index (χ2v) is 6.47. The van der Waals surface area contributed by atoms with Crippen LogP contribution in [-0.4, -0.2) is 11.4 Å². The summed E-state index contributed by atoms with van der Waals surface area (Å²) in [6.07, 6.45) is 5.78. The van der Waals surface area contributed by atoms with E-state index in [0.717, 1.165) is 17.3 Å². The van der Waals surface area contributed by atoms with Gasteiger partial charge >= 0.3 is 0 Å². The van der Waals surface area contributed by atoms with E-state index in [1.807, 2.05) is 0 Å². The van der Waals surface area contributed by atoms with Gasteiger partial charge in [-0.2, -0.15) is 0 Å². The Bertz CT molecular complexity index is 455. The van der Waals surface area contributed by atoms with Crippen LogP contribution in [0.25, 0.3) is 0 Å². The van der Waals surface area contributed by atoms with Gasteiger partial charge < -0.3 is 5.32 Å². The number of halogens is 2. The summed E-state index contributed by atoms with van der Waals surface area (Å²) < 4.78 is 0.810. The molecule has 0 unspecified atom stereocenters. The van der Waals surface area contributed by atoms with Gasteiger partial charge in [0.25, 0.3) is 5.91 Å². The molecule has 1 amide bonds. The summed E-state index contributed by atoms with van der Waals surface area (Å²) in [5.41, 5.74) is 0.560. The molecule has 1 aromatic rings. The summed E-state index contributed by atoms with van der Waals surface area (Å²) in [5.74, 6) is -0.0335. The molecule has 4 heteroatoms. The Labute approximate surface area is 121 Å². The van der Waals surface area contributed by atoms with Gasteiger partial charge in [-0.1, -0.05) is 30.9 Å². The summed E-state index contributed by atoms with van der Waals surface area (Å²) in [7, 11) is 0. The lowest BCUT2D eigenvalue weighted by Gasteiger charge is -2.34. The highest BCUT2D eigenvalue weighted by Gasteiger charge is 2.28. The molecule has 1 aliphatic carbocycles. The third-order valence-corrected chi connectivity index (χ3v) is 4.79. The van der Waals surface area contributed by atoms with Gasteiger partial charge in [-0.3, -0.25) is 4.79 Å². The van der Waals surface area contributed by atoms with Crippen LogP contribution in [0, 0.1) is 0 Å². The molecule has 1 aromatic carbocycles. The lowest BCUT2D eigenvalue weighted by Crippen LogP contribution is -2.47. The Kier molecular flexibility index (Phi) is 4.33. The van der Waals surface area contributed by atoms with Gasteiger partial charge in [-0.15, -0.1) is 0 Å². The zero-order valence-corrected chi connectivity index (χ0v) is 12.8. The van der Waals surface area contributed by atoms with Gasteiger partial charge in [-0.05, 0) is 53.9 Å². The van der Waals surface area contributed by atoms with E-state index >= 15 is 0 Å². The molecule has 98 valence electrons. The summed E-state index contributed by atoms with van der Waals surface area (Å²) in [4.78, 5) is 12.2. The minimum Gasteiger partial charge on any atom is -0.347 e. The van der Waals surface area contributed by atoms with Gasteiger partial charge in [0.05, 0.1) is 5.02 Å². The lowest BCUT2D eigenvalue weighted by molar-refractivity contribution is 0.0882. The molecule has 2 nitrogen and oxygen atoms in total. The van der Waals surface area contributed by atoms with Gasteiger partial charge in [-0.25, -0.2) is 0 Å². The van der Waals surface area contributed by atoms with Crippen LogP contribution in [-0.2, 0) is 0 Å². The molecule has 1 fully saturated rings. The number of nitrogens with one attached hydrogen (secondary N) is 1. The lowest BCUT2D eigenvalue weighted by atomic mass is 9.83. The molecule has 0 aromatic heterocycles. The molecule has 1 aliphatic rings. The molecule has 1 saturated carbocycles. The van der Waals surface area contributed by atoms with E-state index in [2.05, 4.69) is 28.2 Å². The van der Waals surface area contributed by atoms with E-state index in [0.29, 0.717) is 10.6 Å². The van der Waals surface area contributed by atoms with Crippen LogP contribution >= 0.6 is 27.5 Å². The molecule has 2 rings (SSSR count). The number of carbonyl (C=O) groups excluding carboxylic acids is 1. The Morgan fingerprint density at radius 3 is 2.61 bits per heavy atom. The van der Waals surface area contributed by atoms with Crippen LogP contribution in [0.15, 0.2) is 22.7 Å². The highest BCUT2D eigenvalue weighted by Crippen LogP contribution is 2.28. The van der Waals surface area contributed by atoms with E-state index < -0.39 is 0 Å². The van der Waals surface area contributed by atoms with Gasteiger partial charge in [0.2, 0.25) is 0 Å². The maximum absolute atomic E-state index is 12.2. The predicted molar refractivity (Wildman–Crippen MR) is 78.1 cm³/mol. The van der Waals surface area contributed by atoms with Crippen molar-refractivity contribution in [2.24, 2.45) is 0 Å². The number of rotatable bonds is 2. The monoisotopic (exact) mass is 329 g/mol. The smallest absolute Gasteiger partial charge is 0.251 e. The fraction of sp³-hybridized carbons (Fsp3) is 0.500. The molecule has 18 heavy (non-hydrogen) atoms. The van der Waals surface area contributed by atoms with Crippen molar-refractivity contribution in [1.82, 2.24) is 5.32 Å². The van der Waals surface area contributed by atoms with Crippen LogP contribution in [0.3, 0.4) is 0 Å². The van der Waals surface area contributed by atoms with Crippen molar-refractivity contribution in [3.05, 3.63) is 33.3 Å². The molecule has 0 bridgehead atoms. The van der Waals surface area contributed by atoms with Gasteiger partial charge in [0.15, 0.2) is 0 Å². The molecule has 1 N–H and O–H groups in total. The fourth-order valence-corrected chi connectivity index (χ4v) is 2.87. The predicted octanol–water partition coefficient (Wildman–Crippen LogP) is 4.56. The first kappa shape index (κ1) is 13.9. The van der Waals surface area contributed by atoms with E-state index in [1.165, 1.54) is 19.3 Å². The first-order valence-corrected chi connectivity index (χ1v) is 7.45. The maximum Gasteiger partial charge on any atom is 0.251 e. The third-order valence-electron chi connectivity index (χ3n) is 3.55. The van der Waals surface area contributed by atoms with Gasteiger partial charge in [0.1, 0.15) is 0 Å². The molecule has 0 saturated heterocycles. The number of hydrogen-bond donors (Lipinski definition) is 1. The minimum atomic E-state index is -0.0606. The van der Waals surface area contributed by atoms with E-state index in [9.17, 15) is 4.79 Å². The van der Waals surface area contributed by atoms with Crippen molar-refractivity contribution in [2.75, 3.05) is 0 Å². The zero-order chi connectivity index (χ0) is 13.2. The van der Waals surface area contributed by atoms with E-state index in [1.54, 1.807) is 18.2 Å². The normalized spacial score (nSPS) is 18.4. The highest BCUT2D eigenvalue weighted by molar-refractivity contribution is 9.10. The van der Waals surface area contributed by atoms with Crippen molar-refractivity contribution in [3.63, 3.8) is 0 Å². The van der Waals surface area contributed by atoms with Crippen molar-refractivity contribution in [3.8, 4) is 0 Å². The van der Waals surface area contributed by atoms with Crippen molar-refractivity contribution in [1.29, 1.82) is 0 Å². The topological polar surface area (TPSA) is 29.1 Å². The van der Waals surface area contributed by atoms with Crippen LogP contribution in [0.5, 0.6) is 0 Å². The second kappa shape index (κ2) is 5.62. The first-order chi connectivity index (χ1) is 8.50. The summed E-state index contributed by atoms with van der Waals surface area (Å²) in [5, 5.41) is 3.71. The number of hydrogen-bond acceptors (Lipinski definition) is 1. The molecule has 0 radical (unpaired) electrons. The summed E-state index contributed by atoms with van der Waals surface area (Å²) in [6, 6.07) is 5.30. The van der Waals surface area contributed by atoms with Crippen LogP contribution in [0.1, 0.15) is 49.4 Å². The van der Waals surface area contributed by atoms with Crippen LogP contribution < -0.4 is 5.32 Å². The molecular formula is C14H17BrClNO. The maximum atomic E-state index is 12.2. The average molecular weight is 331 g/mol. The molecule has 0 aliphatic heterocycles. The summed E-state index contributed by atoms with van der Waals surface area (Å²) in [6.45, 7) is 2.13. The quantitative estimate of drug-likeness (QED) is 0.846. The fourth-order valence-electron chi connectivity index (χ4n) is 2.44. The average Bonchev–Trinajstić information content (AvgIpc) is 2.33. The standard InChI is InChI=1S/C14H17BrClNO/c1-14(7-3-2-4-8-14)17-13(18)10-5-6-11(15)12(16)9-10/h5-6,9H,2-4,7-8H2,1H3,(H,17,18). The van der Waals surface area contributed by atoms with Gasteiger partial charge in [0, 0.05) is 15.6 Å². The summed E-state index contributed by atoms with van der Waals surface area (Å²) >= 11 is 9.33. The Balaban J connectivity index is 2.09. The van der Waals surface area contributed by atoms with E-state index in [-0.39, 0.29) is 11.4 Å². The zero-order valence-electron chi connectivity index (χ0n) is 10.4. The molecule has 0 heterocycles. The van der Waals surface area contributed by atoms with Crippen molar-refractivity contribution >= 4 is 33.4 Å². The number of carbonyl (C=O) groups is 1. The largest absolute Gasteiger partial charge is 0.347 e. The second-order valence-electron chi connectivity index (χ2n) is 5.20. The highest BCUT2D eigenvalue weighted by atomic mass is 79.9. The van der Waals surface area contributed by atoms with Crippen molar-refractivity contribution < 1.29 is 4.79 Å². The third kappa shape index (κ3) is 3.27. The van der Waals surface area contributed by atoms with Crippen LogP contribution in [0.4, 0.5) is 0 Å². The van der Waals surface area contributed by atoms with Crippen molar-refractivity contribution in [2.45, 2.75) is 44.6 Å². The Morgan fingerprint density at radius 2 is 2.00 bits per heavy atom. The Morgan fingerprint density at radius 1 is 1.33 bits per heavy atom. The number of benzene rings is 1. The van der Waals surface area contributed by atoms with Crippen LogP contribution in [0.2, 0.25) is 5.02 Å². The molecule has 0 spiro atoms. The molecule has 0 atom stereocenters. The number of amides is 1. The SMILES string of the molecule is CC1(NC(=O)c2ccc(Br)c(Cl)c2)CCCCC1. The Hall–Kier alpha value is -0.540. The first-order valence-electron chi connectivity index (χ1n) is 6.28. The van der Waals surface area contributed by atoms with E-state index in [4.69, 9.17) is 11.6 Å². The molecular weight excluding hydrogens is 314 g/mol. The minimum absolute atomic E-state index is 0.0335.